The lowest BCUT2D eigenvalue weighted by molar-refractivity contribution is 0.114. The van der Waals surface area contributed by atoms with Crippen LogP contribution in [0.5, 0.6) is 0 Å². The van der Waals surface area contributed by atoms with Crippen LogP contribution in [-0.2, 0) is 13.0 Å². The summed E-state index contributed by atoms with van der Waals surface area (Å²) in [4.78, 5) is 11.0. The van der Waals surface area contributed by atoms with Gasteiger partial charge in [0.25, 0.3) is 0 Å². The molecule has 1 saturated heterocycles. The number of aromatic nitrogens is 1. The highest BCUT2D eigenvalue weighted by Crippen LogP contribution is 2.21. The third-order valence-corrected chi connectivity index (χ3v) is 5.04. The van der Waals surface area contributed by atoms with Crippen LogP contribution >= 0.6 is 11.3 Å². The quantitative estimate of drug-likeness (QED) is 0.883. The molecule has 1 N–H and O–H groups in total. The van der Waals surface area contributed by atoms with Crippen LogP contribution in [0, 0.1) is 6.92 Å². The number of piperazine rings is 1. The van der Waals surface area contributed by atoms with E-state index in [2.05, 4.69) is 43.1 Å². The lowest BCUT2D eigenvalue weighted by atomic mass is 10.1. The first-order valence-corrected chi connectivity index (χ1v) is 7.96. The molecule has 0 saturated carbocycles. The Labute approximate surface area is 120 Å². The van der Waals surface area contributed by atoms with Crippen LogP contribution in [0.15, 0.2) is 0 Å². The van der Waals surface area contributed by atoms with E-state index in [0.29, 0.717) is 6.04 Å². The summed E-state index contributed by atoms with van der Waals surface area (Å²) in [6, 6.07) is 0.608. The van der Waals surface area contributed by atoms with E-state index >= 15 is 0 Å². The molecule has 0 aliphatic carbocycles. The summed E-state index contributed by atoms with van der Waals surface area (Å²) in [5.74, 6) is 0. The first-order valence-electron chi connectivity index (χ1n) is 7.14. The zero-order valence-corrected chi connectivity index (χ0v) is 13.4. The molecule has 1 aromatic rings. The molecule has 1 aliphatic heterocycles. The van der Waals surface area contributed by atoms with E-state index in [1.165, 1.54) is 22.1 Å². The Kier molecular flexibility index (Phi) is 5.33. The molecule has 0 aromatic carbocycles. The van der Waals surface area contributed by atoms with Crippen molar-refractivity contribution in [1.29, 1.82) is 0 Å². The largest absolute Gasteiger partial charge is 0.312 e. The standard InChI is InChI=1S/C14H26N4S/c1-5-15-9-13-11(2)16-14(19-13)8-12-10-17(3)6-7-18(12)4/h12,15H,5-10H2,1-4H3. The average Bonchev–Trinajstić information content (AvgIpc) is 2.72. The molecule has 1 atom stereocenters. The summed E-state index contributed by atoms with van der Waals surface area (Å²) in [7, 11) is 4.45. The van der Waals surface area contributed by atoms with E-state index in [-0.39, 0.29) is 0 Å². The van der Waals surface area contributed by atoms with Crippen LogP contribution in [0.2, 0.25) is 0 Å². The molecule has 5 heteroatoms. The average molecular weight is 282 g/mol. The number of likely N-dealkylation sites (N-methyl/N-ethyl adjacent to an activating group) is 2. The summed E-state index contributed by atoms with van der Waals surface area (Å²) in [6.45, 7) is 9.74. The van der Waals surface area contributed by atoms with Crippen molar-refractivity contribution in [2.45, 2.75) is 32.9 Å². The summed E-state index contributed by atoms with van der Waals surface area (Å²) in [5, 5.41) is 4.68. The van der Waals surface area contributed by atoms with Gasteiger partial charge in [-0.3, -0.25) is 0 Å². The molecular formula is C14H26N4S. The van der Waals surface area contributed by atoms with E-state index in [1.807, 2.05) is 11.3 Å². The van der Waals surface area contributed by atoms with Gasteiger partial charge in [-0.1, -0.05) is 6.92 Å². The lowest BCUT2D eigenvalue weighted by Gasteiger charge is -2.37. The summed E-state index contributed by atoms with van der Waals surface area (Å²) < 4.78 is 0. The van der Waals surface area contributed by atoms with Crippen LogP contribution in [0.3, 0.4) is 0 Å². The van der Waals surface area contributed by atoms with Crippen molar-refractivity contribution >= 4 is 11.3 Å². The van der Waals surface area contributed by atoms with Crippen molar-refractivity contribution in [3.05, 3.63) is 15.6 Å². The minimum Gasteiger partial charge on any atom is -0.312 e. The number of hydrogen-bond donors (Lipinski definition) is 1. The van der Waals surface area contributed by atoms with Crippen LogP contribution in [0.1, 0.15) is 22.5 Å². The Hall–Kier alpha value is -0.490. The molecule has 0 bridgehead atoms. The van der Waals surface area contributed by atoms with Crippen molar-refractivity contribution in [3.63, 3.8) is 0 Å². The van der Waals surface area contributed by atoms with E-state index in [4.69, 9.17) is 4.98 Å². The van der Waals surface area contributed by atoms with Crippen LogP contribution < -0.4 is 5.32 Å². The Morgan fingerprint density at radius 3 is 2.89 bits per heavy atom. The predicted octanol–water partition coefficient (Wildman–Crippen LogP) is 1.35. The van der Waals surface area contributed by atoms with Gasteiger partial charge < -0.3 is 15.1 Å². The second-order valence-electron chi connectivity index (χ2n) is 5.50. The van der Waals surface area contributed by atoms with Crippen LogP contribution in [-0.4, -0.2) is 61.1 Å². The van der Waals surface area contributed by atoms with Crippen molar-refractivity contribution in [2.24, 2.45) is 0 Å². The molecule has 108 valence electrons. The van der Waals surface area contributed by atoms with E-state index in [0.717, 1.165) is 32.6 Å². The highest BCUT2D eigenvalue weighted by Gasteiger charge is 2.23. The Morgan fingerprint density at radius 2 is 2.16 bits per heavy atom. The molecule has 1 aliphatic rings. The maximum Gasteiger partial charge on any atom is 0.0947 e. The fourth-order valence-corrected chi connectivity index (χ4v) is 3.61. The van der Waals surface area contributed by atoms with Gasteiger partial charge in [0.1, 0.15) is 0 Å². The molecule has 1 fully saturated rings. The lowest BCUT2D eigenvalue weighted by Crippen LogP contribution is -2.50. The normalized spacial score (nSPS) is 22.0. The van der Waals surface area contributed by atoms with Gasteiger partial charge in [-0.15, -0.1) is 11.3 Å². The van der Waals surface area contributed by atoms with E-state index < -0.39 is 0 Å². The second-order valence-corrected chi connectivity index (χ2v) is 6.67. The minimum absolute atomic E-state index is 0.608. The van der Waals surface area contributed by atoms with Gasteiger partial charge in [0, 0.05) is 43.5 Å². The molecule has 1 aromatic heterocycles. The van der Waals surface area contributed by atoms with Gasteiger partial charge in [0.2, 0.25) is 0 Å². The zero-order chi connectivity index (χ0) is 13.8. The number of hydrogen-bond acceptors (Lipinski definition) is 5. The fourth-order valence-electron chi connectivity index (χ4n) is 2.50. The maximum atomic E-state index is 4.75. The SMILES string of the molecule is CCNCc1sc(CC2CN(C)CCN2C)nc1C. The molecule has 0 radical (unpaired) electrons. The Morgan fingerprint density at radius 1 is 1.37 bits per heavy atom. The minimum atomic E-state index is 0.608. The van der Waals surface area contributed by atoms with Crippen molar-refractivity contribution in [2.75, 3.05) is 40.3 Å². The van der Waals surface area contributed by atoms with E-state index in [9.17, 15) is 0 Å². The Balaban J connectivity index is 1.98. The van der Waals surface area contributed by atoms with Crippen molar-refractivity contribution < 1.29 is 0 Å². The smallest absolute Gasteiger partial charge is 0.0947 e. The first kappa shape index (κ1) is 14.9. The molecule has 2 rings (SSSR count). The first-order chi connectivity index (χ1) is 9.10. The van der Waals surface area contributed by atoms with Gasteiger partial charge in [0.15, 0.2) is 0 Å². The number of thiazole rings is 1. The number of nitrogens with zero attached hydrogens (tertiary/aromatic N) is 3. The third-order valence-electron chi connectivity index (χ3n) is 3.86. The van der Waals surface area contributed by atoms with Crippen LogP contribution in [0.25, 0.3) is 0 Å². The number of nitrogens with one attached hydrogen (secondary N) is 1. The van der Waals surface area contributed by atoms with Gasteiger partial charge in [0.05, 0.1) is 10.7 Å². The molecule has 0 spiro atoms. The summed E-state index contributed by atoms with van der Waals surface area (Å²) in [6.07, 6.45) is 1.08. The van der Waals surface area contributed by atoms with Crippen molar-refractivity contribution in [1.82, 2.24) is 20.1 Å². The van der Waals surface area contributed by atoms with Gasteiger partial charge in [-0.2, -0.15) is 0 Å². The highest BCUT2D eigenvalue weighted by molar-refractivity contribution is 7.11. The number of aryl methyl sites for hydroxylation is 1. The summed E-state index contributed by atoms with van der Waals surface area (Å²) in [5.41, 5.74) is 1.20. The molecule has 19 heavy (non-hydrogen) atoms. The third kappa shape index (κ3) is 3.99. The molecule has 0 amide bonds. The molecular weight excluding hydrogens is 256 g/mol. The Bertz CT molecular complexity index is 404. The van der Waals surface area contributed by atoms with Crippen LogP contribution in [0.4, 0.5) is 0 Å². The summed E-state index contributed by atoms with van der Waals surface area (Å²) >= 11 is 1.88. The monoisotopic (exact) mass is 282 g/mol. The fraction of sp³-hybridized carbons (Fsp3) is 0.786. The van der Waals surface area contributed by atoms with Gasteiger partial charge in [-0.05, 0) is 27.6 Å². The zero-order valence-electron chi connectivity index (χ0n) is 12.6. The highest BCUT2D eigenvalue weighted by atomic mass is 32.1. The topological polar surface area (TPSA) is 31.4 Å². The second kappa shape index (κ2) is 6.79. The van der Waals surface area contributed by atoms with Gasteiger partial charge in [-0.25, -0.2) is 4.98 Å². The number of rotatable bonds is 5. The molecule has 2 heterocycles. The van der Waals surface area contributed by atoms with Gasteiger partial charge >= 0.3 is 0 Å². The van der Waals surface area contributed by atoms with Crippen molar-refractivity contribution in [3.8, 4) is 0 Å². The predicted molar refractivity (Wildman–Crippen MR) is 81.9 cm³/mol. The maximum absolute atomic E-state index is 4.75. The van der Waals surface area contributed by atoms with E-state index in [1.54, 1.807) is 0 Å². The molecule has 4 nitrogen and oxygen atoms in total. The molecule has 1 unspecified atom stereocenters.